The molecule has 23 heavy (non-hydrogen) atoms. The Balaban J connectivity index is 1.83. The number of hydrogen-bond donors (Lipinski definition) is 0. The molecule has 4 rings (SSSR count). The van der Waals surface area contributed by atoms with Crippen molar-refractivity contribution in [1.82, 2.24) is 9.97 Å². The average Bonchev–Trinajstić information content (AvgIpc) is 2.62. The predicted octanol–water partition coefficient (Wildman–Crippen LogP) is 5.57. The second kappa shape index (κ2) is 6.08. The molecule has 2 aromatic carbocycles. The molecule has 110 valence electrons. The molecule has 0 radical (unpaired) electrons. The van der Waals surface area contributed by atoms with Gasteiger partial charge in [-0.15, -0.1) is 0 Å². The first-order valence-corrected chi connectivity index (χ1v) is 8.46. The predicted molar refractivity (Wildman–Crippen MR) is 103 cm³/mol. The first kappa shape index (κ1) is 14.3. The van der Waals surface area contributed by atoms with Crippen molar-refractivity contribution in [2.75, 3.05) is 0 Å². The Hall–Kier alpha value is -2.27. The van der Waals surface area contributed by atoms with E-state index in [-0.39, 0.29) is 0 Å². The number of pyridine rings is 2. The van der Waals surface area contributed by atoms with Crippen LogP contribution in [0, 0.1) is 3.70 Å². The van der Waals surface area contributed by atoms with Gasteiger partial charge in [0.1, 0.15) is 3.70 Å². The standard InChI is InChI=1S/C20H13IN2/c21-19-13-18(17-7-4-12-22-20(17)23-19)16-10-8-15(9-11-16)14-5-2-1-3-6-14/h1-13H. The number of hydrogen-bond acceptors (Lipinski definition) is 2. The summed E-state index contributed by atoms with van der Waals surface area (Å²) in [6, 6.07) is 25.2. The van der Waals surface area contributed by atoms with Gasteiger partial charge >= 0.3 is 0 Å². The Morgan fingerprint density at radius 1 is 0.696 bits per heavy atom. The van der Waals surface area contributed by atoms with Crippen molar-refractivity contribution in [3.05, 3.63) is 82.7 Å². The molecule has 0 amide bonds. The third kappa shape index (κ3) is 2.84. The van der Waals surface area contributed by atoms with Crippen molar-refractivity contribution in [2.45, 2.75) is 0 Å². The van der Waals surface area contributed by atoms with Crippen LogP contribution in [-0.2, 0) is 0 Å². The summed E-state index contributed by atoms with van der Waals surface area (Å²) in [5.41, 5.74) is 5.60. The minimum absolute atomic E-state index is 0.793. The van der Waals surface area contributed by atoms with Crippen LogP contribution >= 0.6 is 22.6 Å². The molecule has 0 unspecified atom stereocenters. The van der Waals surface area contributed by atoms with E-state index in [1.807, 2.05) is 12.1 Å². The van der Waals surface area contributed by atoms with E-state index < -0.39 is 0 Å². The van der Waals surface area contributed by atoms with E-state index in [0.29, 0.717) is 0 Å². The van der Waals surface area contributed by atoms with E-state index >= 15 is 0 Å². The van der Waals surface area contributed by atoms with E-state index in [1.165, 1.54) is 22.3 Å². The Bertz CT molecular complexity index is 964. The van der Waals surface area contributed by atoms with Crippen molar-refractivity contribution < 1.29 is 0 Å². The molecule has 0 aliphatic heterocycles. The van der Waals surface area contributed by atoms with E-state index in [2.05, 4.69) is 93.2 Å². The number of halogens is 1. The molecule has 0 fully saturated rings. The number of fused-ring (bicyclic) bond motifs is 1. The zero-order chi connectivity index (χ0) is 15.6. The van der Waals surface area contributed by atoms with Crippen LogP contribution in [0.1, 0.15) is 0 Å². The van der Waals surface area contributed by atoms with Crippen LogP contribution in [0.4, 0.5) is 0 Å². The molecule has 2 nitrogen and oxygen atoms in total. The summed E-state index contributed by atoms with van der Waals surface area (Å²) in [5, 5.41) is 1.08. The lowest BCUT2D eigenvalue weighted by atomic mass is 9.99. The molecular formula is C20H13IN2. The maximum absolute atomic E-state index is 4.50. The van der Waals surface area contributed by atoms with Gasteiger partial charge in [-0.05, 0) is 63.0 Å². The Morgan fingerprint density at radius 2 is 1.39 bits per heavy atom. The van der Waals surface area contributed by atoms with Crippen LogP contribution in [0.15, 0.2) is 79.0 Å². The summed E-state index contributed by atoms with van der Waals surface area (Å²) in [6.45, 7) is 0. The van der Waals surface area contributed by atoms with Crippen molar-refractivity contribution in [3.63, 3.8) is 0 Å². The Morgan fingerprint density at radius 3 is 2.17 bits per heavy atom. The maximum atomic E-state index is 4.50. The minimum Gasteiger partial charge on any atom is -0.237 e. The summed E-state index contributed by atoms with van der Waals surface area (Å²) in [5.74, 6) is 0. The quantitative estimate of drug-likeness (QED) is 0.320. The normalized spacial score (nSPS) is 10.8. The van der Waals surface area contributed by atoms with Crippen LogP contribution in [0.25, 0.3) is 33.3 Å². The molecule has 2 heterocycles. The lowest BCUT2D eigenvalue weighted by molar-refractivity contribution is 1.25. The molecule has 0 bridgehead atoms. The minimum atomic E-state index is 0.793. The molecule has 0 saturated heterocycles. The highest BCUT2D eigenvalue weighted by molar-refractivity contribution is 14.1. The van der Waals surface area contributed by atoms with E-state index in [4.69, 9.17) is 0 Å². The van der Waals surface area contributed by atoms with Gasteiger partial charge in [0.25, 0.3) is 0 Å². The lowest BCUT2D eigenvalue weighted by Gasteiger charge is -2.08. The van der Waals surface area contributed by atoms with Crippen molar-refractivity contribution >= 4 is 33.6 Å². The van der Waals surface area contributed by atoms with Gasteiger partial charge in [-0.2, -0.15) is 0 Å². The molecule has 2 aromatic heterocycles. The van der Waals surface area contributed by atoms with Crippen LogP contribution < -0.4 is 0 Å². The van der Waals surface area contributed by atoms with E-state index in [9.17, 15) is 0 Å². The number of rotatable bonds is 2. The molecule has 0 spiro atoms. The Labute approximate surface area is 148 Å². The number of aromatic nitrogens is 2. The van der Waals surface area contributed by atoms with Gasteiger partial charge in [-0.1, -0.05) is 54.6 Å². The first-order valence-electron chi connectivity index (χ1n) is 7.38. The van der Waals surface area contributed by atoms with Crippen molar-refractivity contribution in [1.29, 1.82) is 0 Å². The lowest BCUT2D eigenvalue weighted by Crippen LogP contribution is -1.90. The van der Waals surface area contributed by atoms with Crippen LogP contribution in [0.3, 0.4) is 0 Å². The fourth-order valence-corrected chi connectivity index (χ4v) is 3.28. The first-order chi connectivity index (χ1) is 11.3. The molecule has 0 N–H and O–H groups in total. The van der Waals surface area contributed by atoms with E-state index in [1.54, 1.807) is 6.20 Å². The van der Waals surface area contributed by atoms with Crippen molar-refractivity contribution in [2.24, 2.45) is 0 Å². The average molecular weight is 408 g/mol. The van der Waals surface area contributed by atoms with Crippen LogP contribution in [0.5, 0.6) is 0 Å². The summed E-state index contributed by atoms with van der Waals surface area (Å²) in [7, 11) is 0. The summed E-state index contributed by atoms with van der Waals surface area (Å²) in [6.07, 6.45) is 1.79. The molecule has 0 saturated carbocycles. The van der Waals surface area contributed by atoms with Crippen molar-refractivity contribution in [3.8, 4) is 22.3 Å². The van der Waals surface area contributed by atoms with Crippen LogP contribution in [-0.4, -0.2) is 9.97 Å². The van der Waals surface area contributed by atoms with Gasteiger partial charge in [0.05, 0.1) is 0 Å². The smallest absolute Gasteiger partial charge is 0.160 e. The second-order valence-electron chi connectivity index (χ2n) is 5.31. The summed E-state index contributed by atoms with van der Waals surface area (Å²) >= 11 is 2.25. The third-order valence-electron chi connectivity index (χ3n) is 3.86. The largest absolute Gasteiger partial charge is 0.237 e. The highest BCUT2D eigenvalue weighted by atomic mass is 127. The molecular weight excluding hydrogens is 395 g/mol. The Kier molecular flexibility index (Phi) is 3.79. The molecule has 0 atom stereocenters. The van der Waals surface area contributed by atoms with Crippen LogP contribution in [0.2, 0.25) is 0 Å². The molecule has 3 heteroatoms. The monoisotopic (exact) mass is 408 g/mol. The topological polar surface area (TPSA) is 25.8 Å². The number of nitrogens with zero attached hydrogens (tertiary/aromatic N) is 2. The zero-order valence-corrected chi connectivity index (χ0v) is 14.4. The molecule has 0 aliphatic carbocycles. The summed E-state index contributed by atoms with van der Waals surface area (Å²) < 4.78 is 0.955. The van der Waals surface area contributed by atoms with Gasteiger partial charge in [0, 0.05) is 11.6 Å². The van der Waals surface area contributed by atoms with E-state index in [0.717, 1.165) is 14.7 Å². The molecule has 0 aliphatic rings. The zero-order valence-electron chi connectivity index (χ0n) is 12.3. The SMILES string of the molecule is Ic1cc(-c2ccc(-c3ccccc3)cc2)c2cccnc2n1. The highest BCUT2D eigenvalue weighted by Gasteiger charge is 2.08. The van der Waals surface area contributed by atoms with Gasteiger partial charge < -0.3 is 0 Å². The fourth-order valence-electron chi connectivity index (χ4n) is 2.74. The fraction of sp³-hybridized carbons (Fsp3) is 0. The van der Waals surface area contributed by atoms with Gasteiger partial charge in [-0.25, -0.2) is 9.97 Å². The summed E-state index contributed by atoms with van der Waals surface area (Å²) in [4.78, 5) is 8.88. The van der Waals surface area contributed by atoms with Gasteiger partial charge in [0.2, 0.25) is 0 Å². The number of benzene rings is 2. The third-order valence-corrected chi connectivity index (χ3v) is 4.41. The second-order valence-corrected chi connectivity index (χ2v) is 6.42. The van der Waals surface area contributed by atoms with Gasteiger partial charge in [0.15, 0.2) is 5.65 Å². The molecule has 4 aromatic rings. The van der Waals surface area contributed by atoms with Gasteiger partial charge in [-0.3, -0.25) is 0 Å². The highest BCUT2D eigenvalue weighted by Crippen LogP contribution is 2.30. The maximum Gasteiger partial charge on any atom is 0.160 e.